The molecule has 5 rings (SSSR count). The summed E-state index contributed by atoms with van der Waals surface area (Å²) < 4.78 is 0. The predicted octanol–water partition coefficient (Wildman–Crippen LogP) is 4.05. The second-order valence-corrected chi connectivity index (χ2v) is 8.79. The first-order valence-electron chi connectivity index (χ1n) is 10.9. The van der Waals surface area contributed by atoms with Crippen molar-refractivity contribution in [2.75, 3.05) is 0 Å². The molecule has 2 amide bonds. The first-order chi connectivity index (χ1) is 16.1. The summed E-state index contributed by atoms with van der Waals surface area (Å²) in [4.78, 5) is 33.5. The van der Waals surface area contributed by atoms with Crippen LogP contribution in [0.4, 0.5) is 0 Å². The number of aromatic amines is 1. The van der Waals surface area contributed by atoms with Gasteiger partial charge in [0.15, 0.2) is 0 Å². The third-order valence-corrected chi connectivity index (χ3v) is 6.39. The maximum Gasteiger partial charge on any atom is 0.267 e. The number of pyridine rings is 1. The smallest absolute Gasteiger partial charge is 0.267 e. The van der Waals surface area contributed by atoms with Gasteiger partial charge < -0.3 is 15.6 Å². The number of carbonyl (C=O) groups excluding carboxylic acids is 2. The zero-order chi connectivity index (χ0) is 22.8. The SMILES string of the molecule is O=C(NC1Cc2ccccc2C[C@H]1C(=O)NCc1cccnc1)c1cc2cc(Cl)ccc2[nH]1. The van der Waals surface area contributed by atoms with Gasteiger partial charge in [-0.3, -0.25) is 14.6 Å². The normalized spacial score (nSPS) is 17.4. The molecular weight excluding hydrogens is 436 g/mol. The fourth-order valence-corrected chi connectivity index (χ4v) is 4.62. The molecule has 2 aromatic carbocycles. The highest BCUT2D eigenvalue weighted by molar-refractivity contribution is 6.31. The zero-order valence-electron chi connectivity index (χ0n) is 17.8. The number of benzene rings is 2. The van der Waals surface area contributed by atoms with Crippen LogP contribution in [0, 0.1) is 5.92 Å². The third-order valence-electron chi connectivity index (χ3n) is 6.15. The molecule has 4 aromatic rings. The molecular formula is C26H23ClN4O2. The van der Waals surface area contributed by atoms with E-state index in [1.807, 2.05) is 36.4 Å². The first kappa shape index (κ1) is 21.2. The quantitative estimate of drug-likeness (QED) is 0.421. The molecule has 0 bridgehead atoms. The van der Waals surface area contributed by atoms with Crippen LogP contribution >= 0.6 is 11.6 Å². The number of fused-ring (bicyclic) bond motifs is 2. The highest BCUT2D eigenvalue weighted by Crippen LogP contribution is 2.27. The lowest BCUT2D eigenvalue weighted by molar-refractivity contribution is -0.126. The van der Waals surface area contributed by atoms with Crippen molar-refractivity contribution in [2.45, 2.75) is 25.4 Å². The average molecular weight is 459 g/mol. The molecule has 3 N–H and O–H groups in total. The predicted molar refractivity (Wildman–Crippen MR) is 128 cm³/mol. The monoisotopic (exact) mass is 458 g/mol. The minimum absolute atomic E-state index is 0.0814. The number of hydrogen-bond donors (Lipinski definition) is 3. The molecule has 0 fully saturated rings. The summed E-state index contributed by atoms with van der Waals surface area (Å²) in [6.45, 7) is 0.397. The van der Waals surface area contributed by atoms with Gasteiger partial charge in [0, 0.05) is 40.9 Å². The van der Waals surface area contributed by atoms with Crippen molar-refractivity contribution >= 4 is 34.3 Å². The van der Waals surface area contributed by atoms with Gasteiger partial charge in [0.05, 0.1) is 5.92 Å². The summed E-state index contributed by atoms with van der Waals surface area (Å²) in [6, 6.07) is 18.7. The van der Waals surface area contributed by atoms with E-state index in [1.165, 1.54) is 0 Å². The molecule has 7 heteroatoms. The van der Waals surface area contributed by atoms with Crippen molar-refractivity contribution < 1.29 is 9.59 Å². The fraction of sp³-hybridized carbons (Fsp3) is 0.192. The lowest BCUT2D eigenvalue weighted by Crippen LogP contribution is -2.50. The molecule has 2 aromatic heterocycles. The van der Waals surface area contributed by atoms with Gasteiger partial charge in [-0.05, 0) is 59.9 Å². The van der Waals surface area contributed by atoms with Gasteiger partial charge in [-0.2, -0.15) is 0 Å². The molecule has 166 valence electrons. The molecule has 0 radical (unpaired) electrons. The van der Waals surface area contributed by atoms with Crippen LogP contribution in [0.2, 0.25) is 5.02 Å². The van der Waals surface area contributed by atoms with Gasteiger partial charge >= 0.3 is 0 Å². The lowest BCUT2D eigenvalue weighted by Gasteiger charge is -2.32. The number of rotatable bonds is 5. The molecule has 0 saturated heterocycles. The Morgan fingerprint density at radius 1 is 1.03 bits per heavy atom. The van der Waals surface area contributed by atoms with E-state index in [1.54, 1.807) is 24.5 Å². The maximum atomic E-state index is 13.2. The number of nitrogens with zero attached hydrogens (tertiary/aromatic N) is 1. The summed E-state index contributed by atoms with van der Waals surface area (Å²) in [5, 5.41) is 7.60. The van der Waals surface area contributed by atoms with Crippen molar-refractivity contribution in [3.8, 4) is 0 Å². The first-order valence-corrected chi connectivity index (χ1v) is 11.3. The summed E-state index contributed by atoms with van der Waals surface area (Å²) in [6.07, 6.45) is 4.60. The Morgan fingerprint density at radius 3 is 2.64 bits per heavy atom. The van der Waals surface area contributed by atoms with E-state index in [4.69, 9.17) is 11.6 Å². The molecule has 0 saturated carbocycles. The van der Waals surface area contributed by atoms with Gasteiger partial charge in [-0.15, -0.1) is 0 Å². The highest BCUT2D eigenvalue weighted by atomic mass is 35.5. The van der Waals surface area contributed by atoms with Gasteiger partial charge in [0.25, 0.3) is 5.91 Å². The molecule has 6 nitrogen and oxygen atoms in total. The number of aromatic nitrogens is 2. The van der Waals surface area contributed by atoms with E-state index in [2.05, 4.69) is 32.7 Å². The molecule has 2 atom stereocenters. The van der Waals surface area contributed by atoms with E-state index in [-0.39, 0.29) is 23.8 Å². The largest absolute Gasteiger partial charge is 0.352 e. The van der Waals surface area contributed by atoms with Crippen molar-refractivity contribution in [1.29, 1.82) is 0 Å². The van der Waals surface area contributed by atoms with Gasteiger partial charge in [0.1, 0.15) is 5.69 Å². The standard InChI is InChI=1S/C26H23ClN4O2/c27-20-7-8-22-19(10-20)13-24(30-22)26(33)31-23-12-18-6-2-1-5-17(18)11-21(23)25(32)29-15-16-4-3-9-28-14-16/h1-10,13-14,21,23,30H,11-12,15H2,(H,29,32)(H,31,33)/t21-,23?/m1/s1. The highest BCUT2D eigenvalue weighted by Gasteiger charge is 2.34. The van der Waals surface area contributed by atoms with Gasteiger partial charge in [-0.25, -0.2) is 0 Å². The van der Waals surface area contributed by atoms with Crippen LogP contribution in [0.1, 0.15) is 27.2 Å². The summed E-state index contributed by atoms with van der Waals surface area (Å²) in [5.74, 6) is -0.696. The number of nitrogens with one attached hydrogen (secondary N) is 3. The second-order valence-electron chi connectivity index (χ2n) is 8.36. The molecule has 0 aliphatic heterocycles. The molecule has 0 spiro atoms. The van der Waals surface area contributed by atoms with Crippen molar-refractivity contribution in [2.24, 2.45) is 5.92 Å². The second kappa shape index (κ2) is 9.08. The van der Waals surface area contributed by atoms with E-state index in [0.29, 0.717) is 30.1 Å². The average Bonchev–Trinajstić information content (AvgIpc) is 3.26. The van der Waals surface area contributed by atoms with E-state index < -0.39 is 0 Å². The van der Waals surface area contributed by atoms with Gasteiger partial charge in [-0.1, -0.05) is 41.9 Å². The Labute approximate surface area is 196 Å². The van der Waals surface area contributed by atoms with Crippen LogP contribution in [-0.2, 0) is 24.2 Å². The third kappa shape index (κ3) is 4.61. The van der Waals surface area contributed by atoms with Crippen molar-refractivity contribution in [1.82, 2.24) is 20.6 Å². The molecule has 1 unspecified atom stereocenters. The Morgan fingerprint density at radius 2 is 1.85 bits per heavy atom. The van der Waals surface area contributed by atoms with Crippen molar-refractivity contribution in [3.05, 3.63) is 100 Å². The number of hydrogen-bond acceptors (Lipinski definition) is 3. The topological polar surface area (TPSA) is 86.9 Å². The Balaban J connectivity index is 1.36. The van der Waals surface area contributed by atoms with Gasteiger partial charge in [0.2, 0.25) is 5.91 Å². The fourth-order valence-electron chi connectivity index (χ4n) is 4.44. The molecule has 2 heterocycles. The Bertz CT molecular complexity index is 1320. The summed E-state index contributed by atoms with van der Waals surface area (Å²) in [7, 11) is 0. The van der Waals surface area contributed by atoms with Crippen LogP contribution in [0.3, 0.4) is 0 Å². The van der Waals surface area contributed by atoms with Crippen LogP contribution < -0.4 is 10.6 Å². The van der Waals surface area contributed by atoms with Crippen LogP contribution in [0.15, 0.2) is 73.1 Å². The van der Waals surface area contributed by atoms with E-state index in [0.717, 1.165) is 27.6 Å². The maximum absolute atomic E-state index is 13.2. The summed E-state index contributed by atoms with van der Waals surface area (Å²) >= 11 is 6.08. The lowest BCUT2D eigenvalue weighted by atomic mass is 9.79. The molecule has 1 aliphatic rings. The van der Waals surface area contributed by atoms with Crippen LogP contribution in [-0.4, -0.2) is 27.8 Å². The zero-order valence-corrected chi connectivity index (χ0v) is 18.6. The van der Waals surface area contributed by atoms with E-state index >= 15 is 0 Å². The molecule has 1 aliphatic carbocycles. The van der Waals surface area contributed by atoms with Crippen molar-refractivity contribution in [3.63, 3.8) is 0 Å². The minimum Gasteiger partial charge on any atom is -0.352 e. The van der Waals surface area contributed by atoms with Crippen LogP contribution in [0.25, 0.3) is 10.9 Å². The van der Waals surface area contributed by atoms with E-state index in [9.17, 15) is 9.59 Å². The number of H-pyrrole nitrogens is 1. The van der Waals surface area contributed by atoms with Crippen LogP contribution in [0.5, 0.6) is 0 Å². The minimum atomic E-state index is -0.376. The molecule has 33 heavy (non-hydrogen) atoms. The number of carbonyl (C=O) groups is 2. The Kier molecular flexibility index (Phi) is 5.84. The number of halogens is 1. The Hall–Kier alpha value is -3.64. The summed E-state index contributed by atoms with van der Waals surface area (Å²) in [5.41, 5.74) is 4.51. The number of amides is 2.